The van der Waals surface area contributed by atoms with Gasteiger partial charge >= 0.3 is 5.97 Å². The predicted octanol–water partition coefficient (Wildman–Crippen LogP) is 2.40. The van der Waals surface area contributed by atoms with Crippen molar-refractivity contribution in [3.05, 3.63) is 34.5 Å². The zero-order chi connectivity index (χ0) is 18.1. The highest BCUT2D eigenvalue weighted by molar-refractivity contribution is 6.03. The molecule has 0 saturated carbocycles. The van der Waals surface area contributed by atoms with Gasteiger partial charge in [0.15, 0.2) is 0 Å². The summed E-state index contributed by atoms with van der Waals surface area (Å²) in [6.07, 6.45) is 0.726. The van der Waals surface area contributed by atoms with Crippen molar-refractivity contribution in [1.29, 1.82) is 0 Å². The number of methoxy groups -OCH3 is 1. The second-order valence-electron chi connectivity index (χ2n) is 6.73. The van der Waals surface area contributed by atoms with E-state index in [4.69, 9.17) is 9.47 Å². The van der Waals surface area contributed by atoms with Gasteiger partial charge in [-0.2, -0.15) is 0 Å². The summed E-state index contributed by atoms with van der Waals surface area (Å²) >= 11 is 0. The number of nitrogens with one attached hydrogen (secondary N) is 2. The molecule has 1 aliphatic heterocycles. The lowest BCUT2D eigenvalue weighted by Crippen LogP contribution is -2.47. The number of hydrogen-bond acceptors (Lipinski definition) is 4. The van der Waals surface area contributed by atoms with Crippen LogP contribution in [0.2, 0.25) is 0 Å². The highest BCUT2D eigenvalue weighted by atomic mass is 16.5. The quantitative estimate of drug-likeness (QED) is 0.835. The van der Waals surface area contributed by atoms with Gasteiger partial charge in [0.05, 0.1) is 13.7 Å². The smallest absolute Gasteiger partial charge is 0.328 e. The minimum atomic E-state index is -0.700. The lowest BCUT2D eigenvalue weighted by Gasteiger charge is -2.21. The third-order valence-corrected chi connectivity index (χ3v) is 4.89. The van der Waals surface area contributed by atoms with Gasteiger partial charge in [0.1, 0.15) is 11.7 Å². The molecule has 0 spiro atoms. The molecule has 1 aromatic carbocycles. The average Bonchev–Trinajstić information content (AvgIpc) is 3.19. The van der Waals surface area contributed by atoms with E-state index in [1.807, 2.05) is 26.8 Å². The molecular weight excluding hydrogens is 320 g/mol. The van der Waals surface area contributed by atoms with E-state index in [9.17, 15) is 9.59 Å². The van der Waals surface area contributed by atoms with Crippen molar-refractivity contribution in [1.82, 2.24) is 10.3 Å². The van der Waals surface area contributed by atoms with Gasteiger partial charge in [0.2, 0.25) is 0 Å². The second-order valence-corrected chi connectivity index (χ2v) is 6.73. The maximum absolute atomic E-state index is 12.8. The van der Waals surface area contributed by atoms with E-state index < -0.39 is 12.0 Å². The minimum absolute atomic E-state index is 0.0648. The molecule has 1 aromatic heterocycles. The van der Waals surface area contributed by atoms with Crippen molar-refractivity contribution >= 4 is 22.8 Å². The number of ether oxygens (including phenoxy) is 2. The number of esters is 1. The molecule has 6 heteroatoms. The minimum Gasteiger partial charge on any atom is -0.467 e. The first-order valence-corrected chi connectivity index (χ1v) is 8.48. The van der Waals surface area contributed by atoms with Crippen LogP contribution in [0.4, 0.5) is 0 Å². The van der Waals surface area contributed by atoms with Gasteiger partial charge in [-0.1, -0.05) is 6.07 Å². The SMILES string of the molecule is COC(=O)C(NC(=O)c1[nH]c2cc(C)cc(C)c2c1C)C1CCOC1. The first-order valence-electron chi connectivity index (χ1n) is 8.48. The summed E-state index contributed by atoms with van der Waals surface area (Å²) in [5.41, 5.74) is 4.55. The third-order valence-electron chi connectivity index (χ3n) is 4.89. The number of rotatable bonds is 4. The Morgan fingerprint density at radius 1 is 1.32 bits per heavy atom. The highest BCUT2D eigenvalue weighted by Crippen LogP contribution is 2.27. The molecular formula is C19H24N2O4. The molecule has 2 aromatic rings. The first kappa shape index (κ1) is 17.5. The normalized spacial score (nSPS) is 18.3. The molecule has 2 unspecified atom stereocenters. The fourth-order valence-corrected chi connectivity index (χ4v) is 3.67. The van der Waals surface area contributed by atoms with Crippen LogP contribution < -0.4 is 5.32 Å². The summed E-state index contributed by atoms with van der Waals surface area (Å²) in [5.74, 6) is -0.803. The Hall–Kier alpha value is -2.34. The molecule has 2 N–H and O–H groups in total. The number of aromatic amines is 1. The maximum Gasteiger partial charge on any atom is 0.328 e. The number of carbonyl (C=O) groups excluding carboxylic acids is 2. The fourth-order valence-electron chi connectivity index (χ4n) is 3.67. The van der Waals surface area contributed by atoms with Gasteiger partial charge in [-0.25, -0.2) is 4.79 Å². The third kappa shape index (κ3) is 3.26. The van der Waals surface area contributed by atoms with Crippen LogP contribution in [-0.4, -0.2) is 43.2 Å². The number of amides is 1. The lowest BCUT2D eigenvalue weighted by atomic mass is 9.98. The number of aryl methyl sites for hydroxylation is 3. The number of hydrogen-bond donors (Lipinski definition) is 2. The molecule has 2 heterocycles. The van der Waals surface area contributed by atoms with Gasteiger partial charge < -0.3 is 19.8 Å². The number of fused-ring (bicyclic) bond motifs is 1. The van der Waals surface area contributed by atoms with Crippen LogP contribution in [0.25, 0.3) is 10.9 Å². The average molecular weight is 344 g/mol. The Balaban J connectivity index is 1.91. The fraction of sp³-hybridized carbons (Fsp3) is 0.474. The molecule has 2 atom stereocenters. The number of benzene rings is 1. The van der Waals surface area contributed by atoms with Crippen LogP contribution in [0.15, 0.2) is 12.1 Å². The molecule has 1 aliphatic rings. The van der Waals surface area contributed by atoms with Crippen molar-refractivity contribution in [2.24, 2.45) is 5.92 Å². The molecule has 134 valence electrons. The highest BCUT2D eigenvalue weighted by Gasteiger charge is 2.34. The van der Waals surface area contributed by atoms with Crippen LogP contribution in [0.5, 0.6) is 0 Å². The molecule has 1 saturated heterocycles. The maximum atomic E-state index is 12.8. The van der Waals surface area contributed by atoms with Crippen molar-refractivity contribution in [3.8, 4) is 0 Å². The summed E-state index contributed by atoms with van der Waals surface area (Å²) in [4.78, 5) is 28.1. The summed E-state index contributed by atoms with van der Waals surface area (Å²) in [6, 6.07) is 3.42. The largest absolute Gasteiger partial charge is 0.467 e. The van der Waals surface area contributed by atoms with E-state index in [2.05, 4.69) is 16.4 Å². The van der Waals surface area contributed by atoms with E-state index in [0.717, 1.165) is 34.0 Å². The number of H-pyrrole nitrogens is 1. The second kappa shape index (κ2) is 6.88. The van der Waals surface area contributed by atoms with Crippen molar-refractivity contribution in [3.63, 3.8) is 0 Å². The Bertz CT molecular complexity index is 818. The number of aromatic nitrogens is 1. The predicted molar refractivity (Wildman–Crippen MR) is 94.7 cm³/mol. The summed E-state index contributed by atoms with van der Waals surface area (Å²) < 4.78 is 10.2. The van der Waals surface area contributed by atoms with Crippen LogP contribution in [-0.2, 0) is 14.3 Å². The molecule has 3 rings (SSSR count). The Labute approximate surface area is 146 Å². The van der Waals surface area contributed by atoms with Gasteiger partial charge in [-0.15, -0.1) is 0 Å². The molecule has 6 nitrogen and oxygen atoms in total. The zero-order valence-corrected chi connectivity index (χ0v) is 15.1. The lowest BCUT2D eigenvalue weighted by molar-refractivity contribution is -0.144. The van der Waals surface area contributed by atoms with Gasteiger partial charge in [-0.3, -0.25) is 4.79 Å². The Kier molecular flexibility index (Phi) is 4.81. The van der Waals surface area contributed by atoms with Crippen LogP contribution in [0.3, 0.4) is 0 Å². The van der Waals surface area contributed by atoms with Crippen LogP contribution >= 0.6 is 0 Å². The first-order chi connectivity index (χ1) is 11.9. The zero-order valence-electron chi connectivity index (χ0n) is 15.1. The number of carbonyl (C=O) groups is 2. The molecule has 0 bridgehead atoms. The van der Waals surface area contributed by atoms with E-state index in [1.165, 1.54) is 7.11 Å². The van der Waals surface area contributed by atoms with E-state index in [-0.39, 0.29) is 11.8 Å². The summed E-state index contributed by atoms with van der Waals surface area (Å²) in [7, 11) is 1.33. The molecule has 1 amide bonds. The standard InChI is InChI=1S/C19H24N2O4/c1-10-7-11(2)15-12(3)16(20-14(15)8-10)18(22)21-17(19(23)24-4)13-5-6-25-9-13/h7-8,13,17,20H,5-6,9H2,1-4H3,(H,21,22). The van der Waals surface area contributed by atoms with Gasteiger partial charge in [-0.05, 0) is 49.9 Å². The Morgan fingerprint density at radius 2 is 2.08 bits per heavy atom. The molecule has 0 aliphatic carbocycles. The van der Waals surface area contributed by atoms with E-state index in [0.29, 0.717) is 18.9 Å². The van der Waals surface area contributed by atoms with E-state index >= 15 is 0 Å². The van der Waals surface area contributed by atoms with Crippen molar-refractivity contribution in [2.45, 2.75) is 33.2 Å². The van der Waals surface area contributed by atoms with Crippen molar-refractivity contribution < 1.29 is 19.1 Å². The van der Waals surface area contributed by atoms with Gasteiger partial charge in [0, 0.05) is 23.4 Å². The van der Waals surface area contributed by atoms with Crippen molar-refractivity contribution in [2.75, 3.05) is 20.3 Å². The topological polar surface area (TPSA) is 80.4 Å². The summed E-state index contributed by atoms with van der Waals surface area (Å²) in [6.45, 7) is 7.02. The molecule has 1 fully saturated rings. The van der Waals surface area contributed by atoms with Gasteiger partial charge in [0.25, 0.3) is 5.91 Å². The summed E-state index contributed by atoms with van der Waals surface area (Å²) in [5, 5.41) is 3.89. The molecule has 0 radical (unpaired) electrons. The van der Waals surface area contributed by atoms with Crippen LogP contribution in [0.1, 0.15) is 33.6 Å². The Morgan fingerprint density at radius 3 is 2.72 bits per heavy atom. The molecule has 25 heavy (non-hydrogen) atoms. The van der Waals surface area contributed by atoms with Crippen LogP contribution in [0, 0.1) is 26.7 Å². The van der Waals surface area contributed by atoms with E-state index in [1.54, 1.807) is 0 Å². The monoisotopic (exact) mass is 344 g/mol.